The molecule has 2 nitrogen and oxygen atoms in total. The molecule has 0 heterocycles. The zero-order chi connectivity index (χ0) is 14.1. The Morgan fingerprint density at radius 2 is 1.90 bits per heavy atom. The average molecular weight is 326 g/mol. The van der Waals surface area contributed by atoms with Crippen LogP contribution in [0, 0.1) is 11.3 Å². The molecular formula is C17H12BrNO. The van der Waals surface area contributed by atoms with Gasteiger partial charge in [-0.3, -0.25) is 4.79 Å². The van der Waals surface area contributed by atoms with E-state index in [2.05, 4.69) is 22.0 Å². The zero-order valence-corrected chi connectivity index (χ0v) is 12.3. The van der Waals surface area contributed by atoms with E-state index in [1.807, 2.05) is 48.5 Å². The van der Waals surface area contributed by atoms with Crippen LogP contribution >= 0.6 is 15.9 Å². The molecule has 0 radical (unpaired) electrons. The van der Waals surface area contributed by atoms with Gasteiger partial charge in [0.25, 0.3) is 0 Å². The average Bonchev–Trinajstić information content (AvgIpc) is 2.43. The molecule has 3 heteroatoms. The first-order chi connectivity index (χ1) is 9.70. The van der Waals surface area contributed by atoms with Crippen molar-refractivity contribution in [3.63, 3.8) is 0 Å². The van der Waals surface area contributed by atoms with E-state index in [9.17, 15) is 10.1 Å². The van der Waals surface area contributed by atoms with Crippen molar-refractivity contribution in [3.8, 4) is 6.07 Å². The molecule has 3 rings (SSSR count). The van der Waals surface area contributed by atoms with Gasteiger partial charge in [-0.15, -0.1) is 0 Å². The monoisotopic (exact) mass is 325 g/mol. The van der Waals surface area contributed by atoms with Crippen LogP contribution in [0.25, 0.3) is 0 Å². The molecule has 20 heavy (non-hydrogen) atoms. The third-order valence-corrected chi connectivity index (χ3v) is 4.34. The van der Waals surface area contributed by atoms with Crippen LogP contribution in [0.2, 0.25) is 0 Å². The summed E-state index contributed by atoms with van der Waals surface area (Å²) in [7, 11) is 0. The van der Waals surface area contributed by atoms with Gasteiger partial charge < -0.3 is 0 Å². The Balaban J connectivity index is 1.87. The lowest BCUT2D eigenvalue weighted by Gasteiger charge is -2.30. The first-order valence-corrected chi connectivity index (χ1v) is 7.26. The number of fused-ring (bicyclic) bond motifs is 1. The molecule has 0 amide bonds. The smallest absolute Gasteiger partial charge is 0.162 e. The lowest BCUT2D eigenvalue weighted by molar-refractivity contribution is -0.121. The van der Waals surface area contributed by atoms with Crippen molar-refractivity contribution < 1.29 is 4.79 Å². The summed E-state index contributed by atoms with van der Waals surface area (Å²) in [5.41, 5.74) is 3.07. The van der Waals surface area contributed by atoms with Gasteiger partial charge in [-0.05, 0) is 35.2 Å². The van der Waals surface area contributed by atoms with Gasteiger partial charge in [0.15, 0.2) is 5.78 Å². The van der Waals surface area contributed by atoms with Crippen LogP contribution in [0.1, 0.15) is 28.5 Å². The van der Waals surface area contributed by atoms with E-state index in [0.29, 0.717) is 0 Å². The molecular weight excluding hydrogens is 314 g/mol. The van der Waals surface area contributed by atoms with Crippen molar-refractivity contribution in [3.05, 3.63) is 69.7 Å². The molecule has 1 aliphatic carbocycles. The summed E-state index contributed by atoms with van der Waals surface area (Å²) in [6.07, 6.45) is 0.754. The summed E-state index contributed by atoms with van der Waals surface area (Å²) >= 11 is 3.36. The van der Waals surface area contributed by atoms with Gasteiger partial charge in [-0.2, -0.15) is 5.26 Å². The lowest BCUT2D eigenvalue weighted by atomic mass is 9.71. The molecule has 0 aromatic heterocycles. The molecule has 0 N–H and O–H groups in total. The third kappa shape index (κ3) is 2.17. The molecule has 2 aromatic carbocycles. The SMILES string of the molecule is N#CC(C(=O)C1Cc2ccccc21)c1ccc(Br)cc1. The van der Waals surface area contributed by atoms with E-state index in [1.165, 1.54) is 5.56 Å². The van der Waals surface area contributed by atoms with Gasteiger partial charge in [-0.1, -0.05) is 52.3 Å². The number of Topliss-reactive ketones (excluding diaryl/α,β-unsaturated/α-hetero) is 1. The van der Waals surface area contributed by atoms with Crippen molar-refractivity contribution in [2.45, 2.75) is 18.3 Å². The molecule has 1 aliphatic rings. The van der Waals surface area contributed by atoms with Gasteiger partial charge in [0.2, 0.25) is 0 Å². The number of nitrogens with zero attached hydrogens (tertiary/aromatic N) is 1. The van der Waals surface area contributed by atoms with Crippen molar-refractivity contribution >= 4 is 21.7 Å². The Morgan fingerprint density at radius 3 is 2.55 bits per heavy atom. The van der Waals surface area contributed by atoms with E-state index >= 15 is 0 Å². The number of ketones is 1. The maximum absolute atomic E-state index is 12.6. The van der Waals surface area contributed by atoms with Crippen LogP contribution in [-0.2, 0) is 11.2 Å². The number of carbonyl (C=O) groups is 1. The largest absolute Gasteiger partial charge is 0.297 e. The predicted octanol–water partition coefficient (Wildman–Crippen LogP) is 3.97. The molecule has 0 saturated carbocycles. The zero-order valence-electron chi connectivity index (χ0n) is 10.7. The number of hydrogen-bond acceptors (Lipinski definition) is 2. The van der Waals surface area contributed by atoms with E-state index in [4.69, 9.17) is 0 Å². The number of hydrogen-bond donors (Lipinski definition) is 0. The second-order valence-electron chi connectivity index (χ2n) is 4.97. The first-order valence-electron chi connectivity index (χ1n) is 6.47. The highest BCUT2D eigenvalue weighted by Gasteiger charge is 2.36. The van der Waals surface area contributed by atoms with E-state index < -0.39 is 5.92 Å². The maximum Gasteiger partial charge on any atom is 0.162 e. The normalized spacial score (nSPS) is 17.5. The van der Waals surface area contributed by atoms with Crippen LogP contribution in [0.3, 0.4) is 0 Å². The maximum atomic E-state index is 12.6. The predicted molar refractivity (Wildman–Crippen MR) is 80.4 cm³/mol. The molecule has 0 aliphatic heterocycles. The van der Waals surface area contributed by atoms with Crippen LogP contribution in [0.4, 0.5) is 0 Å². The van der Waals surface area contributed by atoms with Crippen LogP contribution in [0.5, 0.6) is 0 Å². The van der Waals surface area contributed by atoms with Gasteiger partial charge in [0.05, 0.1) is 6.07 Å². The molecule has 0 saturated heterocycles. The molecule has 2 unspecified atom stereocenters. The minimum atomic E-state index is -0.679. The second kappa shape index (κ2) is 5.22. The molecule has 0 fully saturated rings. The highest BCUT2D eigenvalue weighted by Crippen LogP contribution is 2.39. The Bertz CT molecular complexity index is 700. The van der Waals surface area contributed by atoms with Crippen molar-refractivity contribution in [2.75, 3.05) is 0 Å². The fourth-order valence-corrected chi connectivity index (χ4v) is 2.94. The standard InChI is InChI=1S/C17H12BrNO/c18-13-7-5-11(6-8-13)16(10-19)17(20)15-9-12-3-1-2-4-14(12)15/h1-8,15-16H,9H2. The number of benzene rings is 2. The Morgan fingerprint density at radius 1 is 1.20 bits per heavy atom. The van der Waals surface area contributed by atoms with E-state index in [0.717, 1.165) is 22.0 Å². The summed E-state index contributed by atoms with van der Waals surface area (Å²) in [6, 6.07) is 17.5. The molecule has 98 valence electrons. The number of nitriles is 1. The molecule has 0 spiro atoms. The Labute approximate surface area is 126 Å². The summed E-state index contributed by atoms with van der Waals surface area (Å²) < 4.78 is 0.944. The Hall–Kier alpha value is -1.92. The summed E-state index contributed by atoms with van der Waals surface area (Å²) in [5, 5.41) is 9.35. The second-order valence-corrected chi connectivity index (χ2v) is 5.89. The van der Waals surface area contributed by atoms with Crippen LogP contribution in [0.15, 0.2) is 53.0 Å². The number of carbonyl (C=O) groups excluding carboxylic acids is 1. The quantitative estimate of drug-likeness (QED) is 0.856. The van der Waals surface area contributed by atoms with Crippen LogP contribution < -0.4 is 0 Å². The van der Waals surface area contributed by atoms with E-state index in [1.54, 1.807) is 0 Å². The molecule has 0 bridgehead atoms. The van der Waals surface area contributed by atoms with Gasteiger partial charge >= 0.3 is 0 Å². The van der Waals surface area contributed by atoms with Crippen molar-refractivity contribution in [2.24, 2.45) is 0 Å². The lowest BCUT2D eigenvalue weighted by Crippen LogP contribution is -2.29. The van der Waals surface area contributed by atoms with Gasteiger partial charge in [0.1, 0.15) is 5.92 Å². The topological polar surface area (TPSA) is 40.9 Å². The fraction of sp³-hybridized carbons (Fsp3) is 0.176. The highest BCUT2D eigenvalue weighted by atomic mass is 79.9. The third-order valence-electron chi connectivity index (χ3n) is 3.81. The number of rotatable bonds is 3. The summed E-state index contributed by atoms with van der Waals surface area (Å²) in [4.78, 5) is 12.6. The molecule has 2 aromatic rings. The summed E-state index contributed by atoms with van der Waals surface area (Å²) in [5.74, 6) is -0.797. The van der Waals surface area contributed by atoms with Crippen LogP contribution in [-0.4, -0.2) is 5.78 Å². The Kier molecular flexibility index (Phi) is 3.42. The fourth-order valence-electron chi connectivity index (χ4n) is 2.67. The molecule has 2 atom stereocenters. The summed E-state index contributed by atoms with van der Waals surface area (Å²) in [6.45, 7) is 0. The van der Waals surface area contributed by atoms with Gasteiger partial charge in [-0.25, -0.2) is 0 Å². The number of halogens is 1. The van der Waals surface area contributed by atoms with E-state index in [-0.39, 0.29) is 11.7 Å². The minimum Gasteiger partial charge on any atom is -0.297 e. The van der Waals surface area contributed by atoms with Crippen molar-refractivity contribution in [1.29, 1.82) is 5.26 Å². The van der Waals surface area contributed by atoms with Crippen molar-refractivity contribution in [1.82, 2.24) is 0 Å². The van der Waals surface area contributed by atoms with Gasteiger partial charge in [0, 0.05) is 10.4 Å². The first kappa shape index (κ1) is 13.1. The minimum absolute atomic E-state index is 0.00789. The highest BCUT2D eigenvalue weighted by molar-refractivity contribution is 9.10.